The number of rotatable bonds is 1. The van der Waals surface area contributed by atoms with Crippen molar-refractivity contribution in [2.45, 2.75) is 45.4 Å². The van der Waals surface area contributed by atoms with Gasteiger partial charge in [0.1, 0.15) is 5.82 Å². The molecule has 88 valence electrons. The summed E-state index contributed by atoms with van der Waals surface area (Å²) >= 11 is 0. The number of aryl methyl sites for hydroxylation is 1. The van der Waals surface area contributed by atoms with Crippen molar-refractivity contribution < 1.29 is 4.39 Å². The molecular formula is C12H18FN3. The van der Waals surface area contributed by atoms with E-state index in [1.54, 1.807) is 6.92 Å². The van der Waals surface area contributed by atoms with Crippen molar-refractivity contribution in [3.8, 4) is 0 Å². The molecule has 2 rings (SSSR count). The second-order valence-electron chi connectivity index (χ2n) is 4.84. The molecule has 1 aliphatic carbocycles. The van der Waals surface area contributed by atoms with Crippen LogP contribution in [0.5, 0.6) is 0 Å². The first-order valence-corrected chi connectivity index (χ1v) is 5.87. The molecule has 0 amide bonds. The average molecular weight is 223 g/mol. The van der Waals surface area contributed by atoms with Crippen molar-refractivity contribution in [2.24, 2.45) is 5.92 Å². The smallest absolute Gasteiger partial charge is 0.186 e. The molecule has 16 heavy (non-hydrogen) atoms. The molecule has 4 heteroatoms. The van der Waals surface area contributed by atoms with Crippen molar-refractivity contribution >= 4 is 5.82 Å². The van der Waals surface area contributed by atoms with Gasteiger partial charge in [0.25, 0.3) is 0 Å². The molecule has 1 aromatic heterocycles. The fourth-order valence-electron chi connectivity index (χ4n) is 2.45. The molecule has 2 unspecified atom stereocenters. The summed E-state index contributed by atoms with van der Waals surface area (Å²) in [6.07, 6.45) is 4.65. The lowest BCUT2D eigenvalue weighted by atomic mass is 9.82. The highest BCUT2D eigenvalue weighted by molar-refractivity contribution is 5.32. The summed E-state index contributed by atoms with van der Waals surface area (Å²) in [7, 11) is 0. The van der Waals surface area contributed by atoms with Crippen LogP contribution in [-0.4, -0.2) is 9.97 Å². The molecule has 1 fully saturated rings. The van der Waals surface area contributed by atoms with Crippen LogP contribution in [0.1, 0.15) is 50.0 Å². The molecule has 0 bridgehead atoms. The summed E-state index contributed by atoms with van der Waals surface area (Å²) in [5.74, 6) is 1.29. The summed E-state index contributed by atoms with van der Waals surface area (Å²) in [6.45, 7) is 3.88. The largest absolute Gasteiger partial charge is 0.381 e. The predicted octanol–water partition coefficient (Wildman–Crippen LogP) is 2.80. The molecule has 2 N–H and O–H groups in total. The van der Waals surface area contributed by atoms with Gasteiger partial charge in [-0.25, -0.2) is 14.4 Å². The lowest BCUT2D eigenvalue weighted by Gasteiger charge is -2.25. The third-order valence-electron chi connectivity index (χ3n) is 3.36. The second-order valence-corrected chi connectivity index (χ2v) is 4.84. The van der Waals surface area contributed by atoms with Gasteiger partial charge in [0, 0.05) is 5.92 Å². The van der Waals surface area contributed by atoms with E-state index in [0.717, 1.165) is 18.7 Å². The summed E-state index contributed by atoms with van der Waals surface area (Å²) in [4.78, 5) is 8.31. The minimum atomic E-state index is -0.479. The standard InChI is InChI=1S/C12H18FN3/c1-7-4-3-5-9(6-7)12-15-8(2)10(13)11(14)16-12/h7,9H,3-6H2,1-2H3,(H2,14,15,16). The zero-order valence-corrected chi connectivity index (χ0v) is 9.83. The number of hydrogen-bond acceptors (Lipinski definition) is 3. The molecule has 0 aromatic carbocycles. The Morgan fingerprint density at radius 1 is 1.31 bits per heavy atom. The summed E-state index contributed by atoms with van der Waals surface area (Å²) < 4.78 is 13.3. The second kappa shape index (κ2) is 4.36. The van der Waals surface area contributed by atoms with Crippen LogP contribution in [0.4, 0.5) is 10.2 Å². The minimum Gasteiger partial charge on any atom is -0.381 e. The third kappa shape index (κ3) is 2.15. The lowest BCUT2D eigenvalue weighted by Crippen LogP contribution is -2.16. The summed E-state index contributed by atoms with van der Waals surface area (Å²) in [5.41, 5.74) is 5.90. The molecule has 2 atom stereocenters. The SMILES string of the molecule is Cc1nc(C2CCCC(C)C2)nc(N)c1F. The van der Waals surface area contributed by atoms with Gasteiger partial charge in [-0.2, -0.15) is 0 Å². The number of nitrogens with zero attached hydrogens (tertiary/aromatic N) is 2. The van der Waals surface area contributed by atoms with Crippen LogP contribution < -0.4 is 5.73 Å². The first kappa shape index (κ1) is 11.3. The molecule has 1 aromatic rings. The van der Waals surface area contributed by atoms with E-state index in [1.165, 1.54) is 12.8 Å². The highest BCUT2D eigenvalue weighted by Gasteiger charge is 2.23. The van der Waals surface area contributed by atoms with Crippen LogP contribution in [0.15, 0.2) is 0 Å². The van der Waals surface area contributed by atoms with E-state index in [2.05, 4.69) is 16.9 Å². The Morgan fingerprint density at radius 3 is 2.69 bits per heavy atom. The molecular weight excluding hydrogens is 205 g/mol. The summed E-state index contributed by atoms with van der Waals surface area (Å²) in [6, 6.07) is 0. The topological polar surface area (TPSA) is 51.8 Å². The maximum absolute atomic E-state index is 13.3. The van der Waals surface area contributed by atoms with Crippen LogP contribution in [0.3, 0.4) is 0 Å². The molecule has 0 radical (unpaired) electrons. The molecule has 0 saturated heterocycles. The van der Waals surface area contributed by atoms with Gasteiger partial charge in [0.05, 0.1) is 5.69 Å². The first-order valence-electron chi connectivity index (χ1n) is 5.87. The molecule has 1 aliphatic rings. The fourth-order valence-corrected chi connectivity index (χ4v) is 2.45. The van der Waals surface area contributed by atoms with E-state index in [-0.39, 0.29) is 5.82 Å². The van der Waals surface area contributed by atoms with Crippen LogP contribution in [0.25, 0.3) is 0 Å². The molecule has 1 saturated carbocycles. The Balaban J connectivity index is 2.26. The maximum Gasteiger partial charge on any atom is 0.186 e. The van der Waals surface area contributed by atoms with E-state index < -0.39 is 5.82 Å². The Morgan fingerprint density at radius 2 is 2.06 bits per heavy atom. The van der Waals surface area contributed by atoms with Crippen molar-refractivity contribution in [1.82, 2.24) is 9.97 Å². The van der Waals surface area contributed by atoms with Gasteiger partial charge >= 0.3 is 0 Å². The normalized spacial score (nSPS) is 25.7. The first-order chi connectivity index (χ1) is 7.58. The number of hydrogen-bond donors (Lipinski definition) is 1. The summed E-state index contributed by atoms with van der Waals surface area (Å²) in [5, 5.41) is 0. The average Bonchev–Trinajstić information content (AvgIpc) is 2.25. The molecule has 1 heterocycles. The Hall–Kier alpha value is -1.19. The molecule has 3 nitrogen and oxygen atoms in total. The fraction of sp³-hybridized carbons (Fsp3) is 0.667. The van der Waals surface area contributed by atoms with Crippen molar-refractivity contribution in [2.75, 3.05) is 5.73 Å². The van der Waals surface area contributed by atoms with Gasteiger partial charge in [-0.05, 0) is 25.7 Å². The van der Waals surface area contributed by atoms with Gasteiger partial charge in [0.15, 0.2) is 11.6 Å². The monoisotopic (exact) mass is 223 g/mol. The highest BCUT2D eigenvalue weighted by atomic mass is 19.1. The number of aromatic nitrogens is 2. The lowest BCUT2D eigenvalue weighted by molar-refractivity contribution is 0.334. The van der Waals surface area contributed by atoms with Crippen LogP contribution in [0, 0.1) is 18.7 Å². The van der Waals surface area contributed by atoms with Gasteiger partial charge < -0.3 is 5.73 Å². The third-order valence-corrected chi connectivity index (χ3v) is 3.36. The van der Waals surface area contributed by atoms with Crippen molar-refractivity contribution in [3.05, 3.63) is 17.3 Å². The highest BCUT2D eigenvalue weighted by Crippen LogP contribution is 2.34. The van der Waals surface area contributed by atoms with Gasteiger partial charge in [-0.1, -0.05) is 19.8 Å². The Labute approximate surface area is 95.3 Å². The van der Waals surface area contributed by atoms with Gasteiger partial charge in [-0.3, -0.25) is 0 Å². The number of nitrogen functional groups attached to an aromatic ring is 1. The predicted molar refractivity (Wildman–Crippen MR) is 61.5 cm³/mol. The van der Waals surface area contributed by atoms with E-state index in [4.69, 9.17) is 5.73 Å². The van der Waals surface area contributed by atoms with Crippen LogP contribution >= 0.6 is 0 Å². The van der Waals surface area contributed by atoms with E-state index in [1.807, 2.05) is 0 Å². The molecule has 0 aliphatic heterocycles. The van der Waals surface area contributed by atoms with Crippen LogP contribution in [-0.2, 0) is 0 Å². The maximum atomic E-state index is 13.3. The number of nitrogens with two attached hydrogens (primary N) is 1. The zero-order valence-electron chi connectivity index (χ0n) is 9.83. The van der Waals surface area contributed by atoms with Gasteiger partial charge in [0.2, 0.25) is 0 Å². The zero-order chi connectivity index (χ0) is 11.7. The van der Waals surface area contributed by atoms with Crippen molar-refractivity contribution in [1.29, 1.82) is 0 Å². The van der Waals surface area contributed by atoms with Crippen LogP contribution in [0.2, 0.25) is 0 Å². The van der Waals surface area contributed by atoms with Crippen molar-refractivity contribution in [3.63, 3.8) is 0 Å². The minimum absolute atomic E-state index is 0.0132. The van der Waals surface area contributed by atoms with Gasteiger partial charge in [-0.15, -0.1) is 0 Å². The Kier molecular flexibility index (Phi) is 3.08. The number of halogens is 1. The van der Waals surface area contributed by atoms with E-state index in [0.29, 0.717) is 17.5 Å². The number of anilines is 1. The Bertz CT molecular complexity index is 369. The van der Waals surface area contributed by atoms with E-state index in [9.17, 15) is 4.39 Å². The molecule has 0 spiro atoms. The quantitative estimate of drug-likeness (QED) is 0.796. The van der Waals surface area contributed by atoms with E-state index >= 15 is 0 Å².